The first-order chi connectivity index (χ1) is 9.69. The number of carbonyl (C=O) groups excluding carboxylic acids is 1. The van der Waals surface area contributed by atoms with Gasteiger partial charge < -0.3 is 10.1 Å². The minimum absolute atomic E-state index is 0.242. The predicted octanol–water partition coefficient (Wildman–Crippen LogP) is 3.89. The van der Waals surface area contributed by atoms with Crippen LogP contribution in [-0.4, -0.2) is 17.5 Å². The summed E-state index contributed by atoms with van der Waals surface area (Å²) in [5.41, 5.74) is 1.08. The van der Waals surface area contributed by atoms with Crippen LogP contribution in [0, 0.1) is 0 Å². The number of ether oxygens (including phenoxy) is 1. The lowest BCUT2D eigenvalue weighted by Crippen LogP contribution is -2.13. The monoisotopic (exact) mass is 334 g/mol. The molecule has 104 valence electrons. The fourth-order valence-corrected chi connectivity index (χ4v) is 1.93. The highest BCUT2D eigenvalue weighted by Gasteiger charge is 2.07. The number of pyridine rings is 1. The number of nitrogens with zero attached hydrogens (tertiary/aromatic N) is 1. The molecule has 0 unspecified atom stereocenters. The molecule has 5 heteroatoms. The Balaban J connectivity index is 2.01. The SMILES string of the molecule is CCCOc1ccc(NC(=O)c2cccc(Br)n2)cc1. The second-order valence-electron chi connectivity index (χ2n) is 4.17. The molecule has 2 aromatic rings. The number of carbonyl (C=O) groups is 1. The van der Waals surface area contributed by atoms with Crippen LogP contribution in [0.25, 0.3) is 0 Å². The van der Waals surface area contributed by atoms with E-state index in [0.717, 1.165) is 12.2 Å². The van der Waals surface area contributed by atoms with Crippen molar-refractivity contribution in [2.75, 3.05) is 11.9 Å². The van der Waals surface area contributed by atoms with Gasteiger partial charge in [0, 0.05) is 5.69 Å². The van der Waals surface area contributed by atoms with Crippen molar-refractivity contribution in [3.63, 3.8) is 0 Å². The van der Waals surface area contributed by atoms with Crippen LogP contribution in [0.5, 0.6) is 5.75 Å². The molecular formula is C15H15BrN2O2. The van der Waals surface area contributed by atoms with E-state index in [9.17, 15) is 4.79 Å². The van der Waals surface area contributed by atoms with Gasteiger partial charge in [0.2, 0.25) is 0 Å². The summed E-state index contributed by atoms with van der Waals surface area (Å²) >= 11 is 3.24. The minimum Gasteiger partial charge on any atom is -0.494 e. The van der Waals surface area contributed by atoms with Crippen molar-refractivity contribution in [2.24, 2.45) is 0 Å². The molecule has 0 spiro atoms. The third-order valence-corrected chi connectivity index (χ3v) is 2.97. The van der Waals surface area contributed by atoms with Crippen LogP contribution >= 0.6 is 15.9 Å². The number of amides is 1. The van der Waals surface area contributed by atoms with Crippen molar-refractivity contribution in [3.05, 3.63) is 52.8 Å². The van der Waals surface area contributed by atoms with Gasteiger partial charge in [0.1, 0.15) is 16.0 Å². The lowest BCUT2D eigenvalue weighted by Gasteiger charge is -2.07. The molecule has 1 N–H and O–H groups in total. The quantitative estimate of drug-likeness (QED) is 0.844. The zero-order valence-electron chi connectivity index (χ0n) is 11.1. The van der Waals surface area contributed by atoms with Crippen LogP contribution in [0.15, 0.2) is 47.1 Å². The molecule has 0 bridgehead atoms. The highest BCUT2D eigenvalue weighted by molar-refractivity contribution is 9.10. The summed E-state index contributed by atoms with van der Waals surface area (Å²) < 4.78 is 6.12. The predicted molar refractivity (Wildman–Crippen MR) is 82.1 cm³/mol. The van der Waals surface area contributed by atoms with Crippen LogP contribution in [0.1, 0.15) is 23.8 Å². The summed E-state index contributed by atoms with van der Waals surface area (Å²) in [5, 5.41) is 2.79. The van der Waals surface area contributed by atoms with Gasteiger partial charge in [0.15, 0.2) is 0 Å². The fraction of sp³-hybridized carbons (Fsp3) is 0.200. The maximum Gasteiger partial charge on any atom is 0.274 e. The van der Waals surface area contributed by atoms with Crippen molar-refractivity contribution >= 4 is 27.5 Å². The number of anilines is 1. The van der Waals surface area contributed by atoms with E-state index in [0.29, 0.717) is 22.6 Å². The number of hydrogen-bond donors (Lipinski definition) is 1. The molecule has 1 amide bonds. The first-order valence-corrected chi connectivity index (χ1v) is 7.15. The average Bonchev–Trinajstić information content (AvgIpc) is 2.46. The van der Waals surface area contributed by atoms with E-state index >= 15 is 0 Å². The fourth-order valence-electron chi connectivity index (χ4n) is 1.58. The van der Waals surface area contributed by atoms with Gasteiger partial charge in [0.05, 0.1) is 6.61 Å². The molecule has 0 aliphatic heterocycles. The van der Waals surface area contributed by atoms with E-state index in [2.05, 4.69) is 33.2 Å². The highest BCUT2D eigenvalue weighted by Crippen LogP contribution is 2.16. The average molecular weight is 335 g/mol. The molecule has 1 heterocycles. The molecule has 0 saturated carbocycles. The number of aromatic nitrogens is 1. The van der Waals surface area contributed by atoms with Crippen LogP contribution in [0.4, 0.5) is 5.69 Å². The third-order valence-electron chi connectivity index (χ3n) is 2.53. The lowest BCUT2D eigenvalue weighted by molar-refractivity contribution is 0.102. The Morgan fingerprint density at radius 2 is 2.00 bits per heavy atom. The maximum absolute atomic E-state index is 12.0. The smallest absolute Gasteiger partial charge is 0.274 e. The molecule has 20 heavy (non-hydrogen) atoms. The van der Waals surface area contributed by atoms with Crippen LogP contribution in [0.2, 0.25) is 0 Å². The molecule has 0 atom stereocenters. The largest absolute Gasteiger partial charge is 0.494 e. The van der Waals surface area contributed by atoms with Crippen LogP contribution in [0.3, 0.4) is 0 Å². The van der Waals surface area contributed by atoms with E-state index in [1.54, 1.807) is 30.3 Å². The summed E-state index contributed by atoms with van der Waals surface area (Å²) in [4.78, 5) is 16.1. The second-order valence-corrected chi connectivity index (χ2v) is 4.98. The summed E-state index contributed by atoms with van der Waals surface area (Å²) in [5.74, 6) is 0.555. The van der Waals surface area contributed by atoms with Gasteiger partial charge >= 0.3 is 0 Å². The third kappa shape index (κ3) is 4.06. The first kappa shape index (κ1) is 14.5. The molecular weight excluding hydrogens is 320 g/mol. The van der Waals surface area contributed by atoms with Gasteiger partial charge in [-0.1, -0.05) is 13.0 Å². The summed E-state index contributed by atoms with van der Waals surface area (Å²) in [6.07, 6.45) is 0.965. The van der Waals surface area contributed by atoms with Gasteiger partial charge in [-0.15, -0.1) is 0 Å². The topological polar surface area (TPSA) is 51.2 Å². The Morgan fingerprint density at radius 3 is 2.65 bits per heavy atom. The number of hydrogen-bond acceptors (Lipinski definition) is 3. The Kier molecular flexibility index (Phi) is 5.12. The standard InChI is InChI=1S/C15H15BrN2O2/c1-2-10-20-12-8-6-11(7-9-12)17-15(19)13-4-3-5-14(16)18-13/h3-9H,2,10H2,1H3,(H,17,19). The molecule has 2 rings (SSSR count). The molecule has 0 aliphatic rings. The zero-order chi connectivity index (χ0) is 14.4. The van der Waals surface area contributed by atoms with Crippen molar-refractivity contribution in [3.8, 4) is 5.75 Å². The van der Waals surface area contributed by atoms with Crippen molar-refractivity contribution < 1.29 is 9.53 Å². The van der Waals surface area contributed by atoms with E-state index < -0.39 is 0 Å². The van der Waals surface area contributed by atoms with E-state index in [1.165, 1.54) is 0 Å². The molecule has 4 nitrogen and oxygen atoms in total. The Bertz CT molecular complexity index is 585. The zero-order valence-corrected chi connectivity index (χ0v) is 12.7. The summed E-state index contributed by atoms with van der Waals surface area (Å²) in [6.45, 7) is 2.74. The first-order valence-electron chi connectivity index (χ1n) is 6.36. The Morgan fingerprint density at radius 1 is 1.25 bits per heavy atom. The van der Waals surface area contributed by atoms with Crippen LogP contribution < -0.4 is 10.1 Å². The maximum atomic E-state index is 12.0. The van der Waals surface area contributed by atoms with Gasteiger partial charge in [-0.05, 0) is 58.7 Å². The number of nitrogens with one attached hydrogen (secondary N) is 1. The molecule has 1 aromatic heterocycles. The van der Waals surface area contributed by atoms with Crippen molar-refractivity contribution in [1.82, 2.24) is 4.98 Å². The Labute approximate surface area is 126 Å². The normalized spacial score (nSPS) is 10.1. The van der Waals surface area contributed by atoms with Gasteiger partial charge in [-0.25, -0.2) is 4.98 Å². The van der Waals surface area contributed by atoms with Crippen molar-refractivity contribution in [1.29, 1.82) is 0 Å². The Hall–Kier alpha value is -1.88. The van der Waals surface area contributed by atoms with E-state index in [1.807, 2.05) is 12.1 Å². The molecule has 0 aliphatic carbocycles. The van der Waals surface area contributed by atoms with Gasteiger partial charge in [-0.2, -0.15) is 0 Å². The molecule has 0 saturated heterocycles. The summed E-state index contributed by atoms with van der Waals surface area (Å²) in [6, 6.07) is 12.5. The second kappa shape index (κ2) is 7.05. The van der Waals surface area contributed by atoms with Crippen molar-refractivity contribution in [2.45, 2.75) is 13.3 Å². The van der Waals surface area contributed by atoms with Crippen LogP contribution in [-0.2, 0) is 0 Å². The number of rotatable bonds is 5. The summed E-state index contributed by atoms with van der Waals surface area (Å²) in [7, 11) is 0. The lowest BCUT2D eigenvalue weighted by atomic mass is 10.3. The molecule has 0 radical (unpaired) electrons. The van der Waals surface area contributed by atoms with Gasteiger partial charge in [0.25, 0.3) is 5.91 Å². The molecule has 0 fully saturated rings. The van der Waals surface area contributed by atoms with Gasteiger partial charge in [-0.3, -0.25) is 4.79 Å². The number of halogens is 1. The van der Waals surface area contributed by atoms with E-state index in [-0.39, 0.29) is 5.91 Å². The highest BCUT2D eigenvalue weighted by atomic mass is 79.9. The number of benzene rings is 1. The van der Waals surface area contributed by atoms with E-state index in [4.69, 9.17) is 4.74 Å². The molecule has 1 aromatic carbocycles. The minimum atomic E-state index is -0.242.